The second kappa shape index (κ2) is 9.76. The topological polar surface area (TPSA) is 54.7 Å². The highest BCUT2D eigenvalue weighted by Gasteiger charge is 2.19. The molecule has 1 saturated heterocycles. The molecule has 6 nitrogen and oxygen atoms in total. The second-order valence-electron chi connectivity index (χ2n) is 6.14. The van der Waals surface area contributed by atoms with Gasteiger partial charge in [-0.1, -0.05) is 18.2 Å². The number of halogens is 1. The van der Waals surface area contributed by atoms with E-state index in [0.29, 0.717) is 12.5 Å². The van der Waals surface area contributed by atoms with Crippen molar-refractivity contribution in [1.82, 2.24) is 20.0 Å². The standard InChI is InChI=1S/C18H25N5O.HI/c1-19-18(22(2)12-15-8-9-24-14-15)20-10-16-11-21-23(13-16)17-6-4-3-5-7-17;/h3-7,11,13,15H,8-10,12,14H2,1-2H3,(H,19,20);1H. The van der Waals surface area contributed by atoms with E-state index in [4.69, 9.17) is 4.74 Å². The SMILES string of the molecule is CN=C(NCc1cnn(-c2ccccc2)c1)N(C)CC1CCOC1.I. The Kier molecular flexibility index (Phi) is 7.70. The minimum atomic E-state index is 0. The molecule has 0 spiro atoms. The van der Waals surface area contributed by atoms with Gasteiger partial charge in [0.15, 0.2) is 5.96 Å². The number of aromatic nitrogens is 2. The molecule has 1 N–H and O–H groups in total. The summed E-state index contributed by atoms with van der Waals surface area (Å²) in [5, 5.41) is 7.83. The predicted molar refractivity (Wildman–Crippen MR) is 111 cm³/mol. The van der Waals surface area contributed by atoms with Gasteiger partial charge in [-0.25, -0.2) is 4.68 Å². The summed E-state index contributed by atoms with van der Waals surface area (Å²) in [6, 6.07) is 10.1. The first-order chi connectivity index (χ1) is 11.8. The van der Waals surface area contributed by atoms with Crippen molar-refractivity contribution in [3.8, 4) is 5.69 Å². The van der Waals surface area contributed by atoms with Crippen LogP contribution in [0.15, 0.2) is 47.7 Å². The fraction of sp³-hybridized carbons (Fsp3) is 0.444. The van der Waals surface area contributed by atoms with Crippen molar-refractivity contribution in [1.29, 1.82) is 0 Å². The summed E-state index contributed by atoms with van der Waals surface area (Å²) in [6.07, 6.45) is 5.06. The van der Waals surface area contributed by atoms with E-state index in [9.17, 15) is 0 Å². The van der Waals surface area contributed by atoms with Gasteiger partial charge in [0.25, 0.3) is 0 Å². The first kappa shape index (κ1) is 19.7. The van der Waals surface area contributed by atoms with Gasteiger partial charge in [0.2, 0.25) is 0 Å². The number of benzene rings is 1. The lowest BCUT2D eigenvalue weighted by Gasteiger charge is -2.24. The van der Waals surface area contributed by atoms with Crippen LogP contribution in [0.2, 0.25) is 0 Å². The van der Waals surface area contributed by atoms with Crippen LogP contribution in [0, 0.1) is 5.92 Å². The van der Waals surface area contributed by atoms with Gasteiger partial charge in [-0.15, -0.1) is 24.0 Å². The molecule has 0 radical (unpaired) electrons. The molecule has 3 rings (SSSR count). The molecule has 0 saturated carbocycles. The molecule has 7 heteroatoms. The molecule has 25 heavy (non-hydrogen) atoms. The number of nitrogens with zero attached hydrogens (tertiary/aromatic N) is 4. The molecule has 1 aromatic heterocycles. The van der Waals surface area contributed by atoms with Crippen molar-refractivity contribution in [2.45, 2.75) is 13.0 Å². The fourth-order valence-corrected chi connectivity index (χ4v) is 2.94. The van der Waals surface area contributed by atoms with Gasteiger partial charge in [-0.3, -0.25) is 4.99 Å². The van der Waals surface area contributed by atoms with E-state index >= 15 is 0 Å². The van der Waals surface area contributed by atoms with Gasteiger partial charge in [0.1, 0.15) is 0 Å². The highest BCUT2D eigenvalue weighted by Crippen LogP contribution is 2.13. The van der Waals surface area contributed by atoms with Crippen LogP contribution in [-0.2, 0) is 11.3 Å². The second-order valence-corrected chi connectivity index (χ2v) is 6.14. The minimum absolute atomic E-state index is 0. The third kappa shape index (κ3) is 5.43. The largest absolute Gasteiger partial charge is 0.381 e. The monoisotopic (exact) mass is 455 g/mol. The Balaban J connectivity index is 0.00000225. The molecule has 1 aromatic carbocycles. The molecule has 2 aromatic rings. The van der Waals surface area contributed by atoms with Crippen LogP contribution >= 0.6 is 24.0 Å². The van der Waals surface area contributed by atoms with Gasteiger partial charge >= 0.3 is 0 Å². The highest BCUT2D eigenvalue weighted by molar-refractivity contribution is 14.0. The summed E-state index contributed by atoms with van der Waals surface area (Å²) in [7, 11) is 3.89. The van der Waals surface area contributed by atoms with E-state index in [1.54, 1.807) is 0 Å². The van der Waals surface area contributed by atoms with Gasteiger partial charge < -0.3 is 15.0 Å². The molecular weight excluding hydrogens is 429 g/mol. The summed E-state index contributed by atoms with van der Waals surface area (Å²) >= 11 is 0. The Bertz CT molecular complexity index is 667. The van der Waals surface area contributed by atoms with Crippen LogP contribution in [0.5, 0.6) is 0 Å². The number of hydrogen-bond donors (Lipinski definition) is 1. The average Bonchev–Trinajstić information content (AvgIpc) is 3.28. The average molecular weight is 455 g/mol. The molecule has 1 atom stereocenters. The Morgan fingerprint density at radius 2 is 2.20 bits per heavy atom. The summed E-state index contributed by atoms with van der Waals surface area (Å²) in [5.74, 6) is 1.49. The maximum absolute atomic E-state index is 5.45. The van der Waals surface area contributed by atoms with Crippen molar-refractivity contribution in [3.05, 3.63) is 48.3 Å². The third-order valence-electron chi connectivity index (χ3n) is 4.24. The Hall–Kier alpha value is -1.61. The fourth-order valence-electron chi connectivity index (χ4n) is 2.94. The van der Waals surface area contributed by atoms with E-state index in [-0.39, 0.29) is 24.0 Å². The smallest absolute Gasteiger partial charge is 0.193 e. The number of aliphatic imine (C=N–C) groups is 1. The first-order valence-corrected chi connectivity index (χ1v) is 8.35. The summed E-state index contributed by atoms with van der Waals surface area (Å²) in [4.78, 5) is 6.54. The van der Waals surface area contributed by atoms with Gasteiger partial charge in [0.05, 0.1) is 18.5 Å². The zero-order chi connectivity index (χ0) is 16.8. The molecule has 136 valence electrons. The van der Waals surface area contributed by atoms with Crippen molar-refractivity contribution < 1.29 is 4.74 Å². The molecule has 2 heterocycles. The lowest BCUT2D eigenvalue weighted by Crippen LogP contribution is -2.41. The van der Waals surface area contributed by atoms with Crippen molar-refractivity contribution in [2.24, 2.45) is 10.9 Å². The highest BCUT2D eigenvalue weighted by atomic mass is 127. The van der Waals surface area contributed by atoms with E-state index in [2.05, 4.69) is 27.4 Å². The van der Waals surface area contributed by atoms with E-state index in [1.165, 1.54) is 0 Å². The van der Waals surface area contributed by atoms with E-state index in [0.717, 1.165) is 43.4 Å². The van der Waals surface area contributed by atoms with Gasteiger partial charge in [-0.05, 0) is 18.6 Å². The van der Waals surface area contributed by atoms with E-state index < -0.39 is 0 Å². The molecule has 0 bridgehead atoms. The number of rotatable bonds is 5. The Morgan fingerprint density at radius 1 is 1.40 bits per heavy atom. The minimum Gasteiger partial charge on any atom is -0.381 e. The van der Waals surface area contributed by atoms with Crippen molar-refractivity contribution >= 4 is 29.9 Å². The first-order valence-electron chi connectivity index (χ1n) is 8.35. The molecule has 0 amide bonds. The molecule has 1 unspecified atom stereocenters. The van der Waals surface area contributed by atoms with Gasteiger partial charge in [-0.2, -0.15) is 5.10 Å². The molecule has 1 aliphatic heterocycles. The predicted octanol–water partition coefficient (Wildman–Crippen LogP) is 2.53. The quantitative estimate of drug-likeness (QED) is 0.428. The summed E-state index contributed by atoms with van der Waals surface area (Å²) < 4.78 is 7.34. The lowest BCUT2D eigenvalue weighted by molar-refractivity contribution is 0.181. The van der Waals surface area contributed by atoms with Crippen LogP contribution in [0.4, 0.5) is 0 Å². The maximum Gasteiger partial charge on any atom is 0.193 e. The number of hydrogen-bond acceptors (Lipinski definition) is 3. The molecule has 1 aliphatic rings. The number of ether oxygens (including phenoxy) is 1. The maximum atomic E-state index is 5.45. The zero-order valence-corrected chi connectivity index (χ0v) is 17.1. The zero-order valence-electron chi connectivity index (χ0n) is 14.8. The van der Waals surface area contributed by atoms with Crippen LogP contribution in [0.1, 0.15) is 12.0 Å². The number of para-hydroxylation sites is 1. The summed E-state index contributed by atoms with van der Waals surface area (Å²) in [6.45, 7) is 3.39. The lowest BCUT2D eigenvalue weighted by atomic mass is 10.1. The van der Waals surface area contributed by atoms with Crippen LogP contribution in [-0.4, -0.2) is 54.5 Å². The third-order valence-corrected chi connectivity index (χ3v) is 4.24. The molecule has 1 fully saturated rings. The van der Waals surface area contributed by atoms with Crippen LogP contribution in [0.3, 0.4) is 0 Å². The normalized spacial score (nSPS) is 17.2. The number of guanidine groups is 1. The Labute approximate surface area is 166 Å². The van der Waals surface area contributed by atoms with E-state index in [1.807, 2.05) is 54.5 Å². The van der Waals surface area contributed by atoms with Crippen LogP contribution < -0.4 is 5.32 Å². The molecule has 0 aliphatic carbocycles. The van der Waals surface area contributed by atoms with Crippen molar-refractivity contribution in [2.75, 3.05) is 33.9 Å². The number of nitrogens with one attached hydrogen (secondary N) is 1. The summed E-state index contributed by atoms with van der Waals surface area (Å²) in [5.41, 5.74) is 2.18. The van der Waals surface area contributed by atoms with Crippen LogP contribution in [0.25, 0.3) is 5.69 Å². The van der Waals surface area contributed by atoms with Gasteiger partial charge in [0, 0.05) is 51.5 Å². The van der Waals surface area contributed by atoms with Crippen molar-refractivity contribution in [3.63, 3.8) is 0 Å². The Morgan fingerprint density at radius 3 is 2.88 bits per heavy atom. The molecular formula is C18H26IN5O.